The van der Waals surface area contributed by atoms with Crippen molar-refractivity contribution >= 4 is 10.0 Å². The SMILES string of the molecule is Cc1ncc(S(=O)(=O)N(C)C2(CN)CCC(C)CC2)[nH]1. The van der Waals surface area contributed by atoms with Gasteiger partial charge in [0.2, 0.25) is 0 Å². The van der Waals surface area contributed by atoms with Gasteiger partial charge in [0.1, 0.15) is 5.82 Å². The summed E-state index contributed by atoms with van der Waals surface area (Å²) in [5.74, 6) is 1.23. The van der Waals surface area contributed by atoms with Gasteiger partial charge in [0.25, 0.3) is 10.0 Å². The van der Waals surface area contributed by atoms with Gasteiger partial charge in [0, 0.05) is 19.1 Å². The zero-order valence-corrected chi connectivity index (χ0v) is 13.2. The maximum absolute atomic E-state index is 12.7. The molecule has 0 aliphatic heterocycles. The van der Waals surface area contributed by atoms with Crippen LogP contribution < -0.4 is 5.73 Å². The molecule has 3 N–H and O–H groups in total. The first-order valence-corrected chi connectivity index (χ1v) is 8.46. The van der Waals surface area contributed by atoms with Crippen molar-refractivity contribution in [2.75, 3.05) is 13.6 Å². The molecule has 0 aromatic carbocycles. The quantitative estimate of drug-likeness (QED) is 0.875. The number of nitrogens with one attached hydrogen (secondary N) is 1. The highest BCUT2D eigenvalue weighted by Crippen LogP contribution is 2.37. The number of sulfonamides is 1. The lowest BCUT2D eigenvalue weighted by atomic mass is 9.77. The van der Waals surface area contributed by atoms with Crippen molar-refractivity contribution in [2.45, 2.75) is 50.1 Å². The van der Waals surface area contributed by atoms with Crippen molar-refractivity contribution in [1.29, 1.82) is 0 Å². The summed E-state index contributed by atoms with van der Waals surface area (Å²) in [4.78, 5) is 6.78. The van der Waals surface area contributed by atoms with E-state index in [1.54, 1.807) is 14.0 Å². The Morgan fingerprint density at radius 2 is 2.10 bits per heavy atom. The highest BCUT2D eigenvalue weighted by molar-refractivity contribution is 7.89. The second-order valence-electron chi connectivity index (χ2n) is 5.92. The number of hydrogen-bond acceptors (Lipinski definition) is 4. The molecule has 1 fully saturated rings. The van der Waals surface area contributed by atoms with Crippen LogP contribution in [0.3, 0.4) is 0 Å². The van der Waals surface area contributed by atoms with Crippen LogP contribution >= 0.6 is 0 Å². The summed E-state index contributed by atoms with van der Waals surface area (Å²) in [6, 6.07) is 0. The Morgan fingerprint density at radius 3 is 2.55 bits per heavy atom. The summed E-state index contributed by atoms with van der Waals surface area (Å²) >= 11 is 0. The molecule has 2 rings (SSSR count). The minimum absolute atomic E-state index is 0.143. The lowest BCUT2D eigenvalue weighted by Crippen LogP contribution is -2.56. The fourth-order valence-electron chi connectivity index (χ4n) is 2.88. The number of aromatic amines is 1. The second kappa shape index (κ2) is 5.46. The van der Waals surface area contributed by atoms with Gasteiger partial charge in [-0.25, -0.2) is 13.4 Å². The van der Waals surface area contributed by atoms with Gasteiger partial charge in [-0.1, -0.05) is 6.92 Å². The van der Waals surface area contributed by atoms with E-state index in [-0.39, 0.29) is 5.03 Å². The number of aromatic nitrogens is 2. The van der Waals surface area contributed by atoms with E-state index in [2.05, 4.69) is 16.9 Å². The number of likely N-dealkylation sites (N-methyl/N-ethyl adjacent to an activating group) is 1. The molecule has 0 amide bonds. The largest absolute Gasteiger partial charge is 0.332 e. The molecule has 1 saturated carbocycles. The van der Waals surface area contributed by atoms with Crippen LogP contribution in [-0.2, 0) is 10.0 Å². The summed E-state index contributed by atoms with van der Waals surface area (Å²) in [5, 5.41) is 0.143. The second-order valence-corrected chi connectivity index (χ2v) is 7.85. The molecule has 0 saturated heterocycles. The Morgan fingerprint density at radius 1 is 1.50 bits per heavy atom. The van der Waals surface area contributed by atoms with E-state index >= 15 is 0 Å². The van der Waals surface area contributed by atoms with Crippen LogP contribution in [0, 0.1) is 12.8 Å². The number of nitrogens with two attached hydrogens (primary N) is 1. The highest BCUT2D eigenvalue weighted by atomic mass is 32.2. The molecule has 0 spiro atoms. The number of nitrogens with zero attached hydrogens (tertiary/aromatic N) is 2. The molecule has 0 bridgehead atoms. The van der Waals surface area contributed by atoms with Crippen LogP contribution in [0.5, 0.6) is 0 Å². The van der Waals surface area contributed by atoms with Crippen molar-refractivity contribution in [2.24, 2.45) is 11.7 Å². The number of H-pyrrole nitrogens is 1. The Balaban J connectivity index is 2.31. The van der Waals surface area contributed by atoms with Crippen molar-refractivity contribution in [3.8, 4) is 0 Å². The monoisotopic (exact) mass is 300 g/mol. The first kappa shape index (κ1) is 15.5. The average molecular weight is 300 g/mol. The van der Waals surface area contributed by atoms with Crippen molar-refractivity contribution in [3.05, 3.63) is 12.0 Å². The summed E-state index contributed by atoms with van der Waals surface area (Å²) in [5.41, 5.74) is 5.46. The standard InChI is InChI=1S/C13H24N4O2S/c1-10-4-6-13(9-14,7-5-10)17(3)20(18,19)12-8-15-11(2)16-12/h8,10H,4-7,9,14H2,1-3H3,(H,15,16). The third kappa shape index (κ3) is 2.62. The average Bonchev–Trinajstić information content (AvgIpc) is 2.87. The molecule has 6 nitrogen and oxygen atoms in total. The van der Waals surface area contributed by atoms with E-state index in [1.807, 2.05) is 0 Å². The maximum Gasteiger partial charge on any atom is 0.260 e. The van der Waals surface area contributed by atoms with Gasteiger partial charge in [-0.05, 0) is 38.5 Å². The third-order valence-corrected chi connectivity index (χ3v) is 6.44. The molecule has 1 aromatic rings. The molecule has 1 aliphatic carbocycles. The van der Waals surface area contributed by atoms with Gasteiger partial charge >= 0.3 is 0 Å². The van der Waals surface area contributed by atoms with E-state index in [0.717, 1.165) is 25.7 Å². The van der Waals surface area contributed by atoms with Gasteiger partial charge in [-0.2, -0.15) is 4.31 Å². The van der Waals surface area contributed by atoms with E-state index < -0.39 is 15.6 Å². The lowest BCUT2D eigenvalue weighted by Gasteiger charge is -2.44. The Bertz CT molecular complexity index is 559. The minimum Gasteiger partial charge on any atom is -0.332 e. The fraction of sp³-hybridized carbons (Fsp3) is 0.769. The van der Waals surface area contributed by atoms with Crippen LogP contribution in [-0.4, -0.2) is 41.8 Å². The molecule has 7 heteroatoms. The fourth-order valence-corrected chi connectivity index (χ4v) is 4.40. The van der Waals surface area contributed by atoms with Gasteiger partial charge in [0.05, 0.1) is 6.20 Å². The molecular weight excluding hydrogens is 276 g/mol. The Kier molecular flexibility index (Phi) is 4.22. The smallest absolute Gasteiger partial charge is 0.260 e. The number of imidazole rings is 1. The molecule has 1 heterocycles. The van der Waals surface area contributed by atoms with E-state index in [9.17, 15) is 8.42 Å². The first-order valence-electron chi connectivity index (χ1n) is 7.02. The Hall–Kier alpha value is -0.920. The van der Waals surface area contributed by atoms with Crippen molar-refractivity contribution in [3.63, 3.8) is 0 Å². The van der Waals surface area contributed by atoms with Crippen molar-refractivity contribution in [1.82, 2.24) is 14.3 Å². The zero-order valence-electron chi connectivity index (χ0n) is 12.4. The van der Waals surface area contributed by atoms with Gasteiger partial charge in [0.15, 0.2) is 5.03 Å². The van der Waals surface area contributed by atoms with Crippen LogP contribution in [0.25, 0.3) is 0 Å². The lowest BCUT2D eigenvalue weighted by molar-refractivity contribution is 0.135. The number of rotatable bonds is 4. The first-order chi connectivity index (χ1) is 9.32. The van der Waals surface area contributed by atoms with Gasteiger partial charge < -0.3 is 10.7 Å². The normalized spacial score (nSPS) is 27.9. The van der Waals surface area contributed by atoms with Crippen molar-refractivity contribution < 1.29 is 8.42 Å². The molecule has 114 valence electrons. The van der Waals surface area contributed by atoms with Crippen LogP contribution in [0.4, 0.5) is 0 Å². The van der Waals surface area contributed by atoms with Crippen LogP contribution in [0.1, 0.15) is 38.4 Å². The minimum atomic E-state index is -3.57. The molecule has 0 atom stereocenters. The molecular formula is C13H24N4O2S. The van der Waals surface area contributed by atoms with Gasteiger partial charge in [-0.3, -0.25) is 0 Å². The summed E-state index contributed by atoms with van der Waals surface area (Å²) in [6.07, 6.45) is 5.02. The van der Waals surface area contributed by atoms with Gasteiger partial charge in [-0.15, -0.1) is 0 Å². The summed E-state index contributed by atoms with van der Waals surface area (Å²) < 4.78 is 26.8. The molecule has 1 aliphatic rings. The molecule has 1 aromatic heterocycles. The topological polar surface area (TPSA) is 92.1 Å². The van der Waals surface area contributed by atoms with E-state index in [1.165, 1.54) is 10.5 Å². The van der Waals surface area contributed by atoms with Crippen LogP contribution in [0.2, 0.25) is 0 Å². The van der Waals surface area contributed by atoms with E-state index in [0.29, 0.717) is 18.3 Å². The number of aryl methyl sites for hydroxylation is 1. The predicted molar refractivity (Wildman–Crippen MR) is 77.7 cm³/mol. The summed E-state index contributed by atoms with van der Waals surface area (Å²) in [7, 11) is -1.94. The maximum atomic E-state index is 12.7. The highest BCUT2D eigenvalue weighted by Gasteiger charge is 2.43. The zero-order chi connectivity index (χ0) is 15.0. The molecule has 20 heavy (non-hydrogen) atoms. The number of hydrogen-bond donors (Lipinski definition) is 2. The third-order valence-electron chi connectivity index (χ3n) is 4.57. The Labute approximate surface area is 120 Å². The summed E-state index contributed by atoms with van der Waals surface area (Å²) in [6.45, 7) is 4.29. The van der Waals surface area contributed by atoms with Crippen LogP contribution in [0.15, 0.2) is 11.2 Å². The predicted octanol–water partition coefficient (Wildman–Crippen LogP) is 1.25. The molecule has 0 unspecified atom stereocenters. The van der Waals surface area contributed by atoms with E-state index in [4.69, 9.17) is 5.73 Å². The molecule has 0 radical (unpaired) electrons.